The number of esters is 1. The zero-order chi connectivity index (χ0) is 28.5. The van der Waals surface area contributed by atoms with E-state index in [4.69, 9.17) is 13.9 Å². The number of nitrogens with one attached hydrogen (secondary N) is 2. The Morgan fingerprint density at radius 1 is 1.21 bits per heavy atom. The Balaban J connectivity index is 1.87. The fourth-order valence-electron chi connectivity index (χ4n) is 3.65. The summed E-state index contributed by atoms with van der Waals surface area (Å²) >= 11 is 1.38. The number of aromatic nitrogens is 1. The molecule has 38 heavy (non-hydrogen) atoms. The van der Waals surface area contributed by atoms with Gasteiger partial charge in [-0.15, -0.1) is 11.3 Å². The second-order valence-electron chi connectivity index (χ2n) is 11.5. The molecule has 10 nitrogen and oxygen atoms in total. The maximum atomic E-state index is 12.9. The molecule has 12 heteroatoms. The van der Waals surface area contributed by atoms with Crippen molar-refractivity contribution in [3.8, 4) is 0 Å². The molecule has 216 valence electrons. The van der Waals surface area contributed by atoms with Crippen LogP contribution < -0.4 is 15.5 Å². The molecule has 0 spiro atoms. The van der Waals surface area contributed by atoms with Crippen LogP contribution in [0.3, 0.4) is 0 Å². The van der Waals surface area contributed by atoms with Gasteiger partial charge in [-0.1, -0.05) is 20.8 Å². The Labute approximate surface area is 232 Å². The topological polar surface area (TPSA) is 119 Å². The molecule has 2 N–H and O–H groups in total. The van der Waals surface area contributed by atoms with Crippen molar-refractivity contribution in [2.45, 2.75) is 84.2 Å². The highest BCUT2D eigenvalue weighted by molar-refractivity contribution is 7.13. The monoisotopic (exact) mass is 570 g/mol. The van der Waals surface area contributed by atoms with Crippen LogP contribution in [0.25, 0.3) is 0 Å². The number of thiazole rings is 1. The summed E-state index contributed by atoms with van der Waals surface area (Å²) in [5.41, 5.74) is 0.245. The smallest absolute Gasteiger partial charge is 0.330 e. The summed E-state index contributed by atoms with van der Waals surface area (Å²) in [6.07, 6.45) is 2.45. The van der Waals surface area contributed by atoms with Crippen LogP contribution in [0.4, 0.5) is 5.13 Å². The first kappa shape index (κ1) is 32.2. The molecule has 1 aromatic rings. The zero-order valence-corrected chi connectivity index (χ0v) is 26.0. The number of amides is 2. The van der Waals surface area contributed by atoms with E-state index in [-0.39, 0.29) is 35.3 Å². The highest BCUT2D eigenvalue weighted by Crippen LogP contribution is 2.36. The van der Waals surface area contributed by atoms with E-state index in [2.05, 4.69) is 54.4 Å². The van der Waals surface area contributed by atoms with E-state index in [1.54, 1.807) is 5.38 Å². The minimum atomic E-state index is -2.12. The van der Waals surface area contributed by atoms with Crippen molar-refractivity contribution in [3.63, 3.8) is 0 Å². The maximum absolute atomic E-state index is 12.9. The highest BCUT2D eigenvalue weighted by Gasteiger charge is 2.38. The molecular weight excluding hydrogens is 524 g/mol. The number of hydrogen-bond acceptors (Lipinski definition) is 9. The molecule has 0 bridgehead atoms. The van der Waals surface area contributed by atoms with Crippen molar-refractivity contribution in [2.24, 2.45) is 5.92 Å². The molecule has 0 aromatic carbocycles. The van der Waals surface area contributed by atoms with Crippen LogP contribution in [-0.2, 0) is 23.5 Å². The Morgan fingerprint density at radius 3 is 2.45 bits per heavy atom. The van der Waals surface area contributed by atoms with Crippen molar-refractivity contribution in [2.75, 3.05) is 44.9 Å². The van der Waals surface area contributed by atoms with Gasteiger partial charge >= 0.3 is 5.97 Å². The molecule has 0 saturated carbocycles. The van der Waals surface area contributed by atoms with E-state index in [1.807, 2.05) is 13.8 Å². The lowest BCUT2D eigenvalue weighted by Gasteiger charge is -2.37. The standard InChI is InChI=1S/C26H46N4O6SSi/c1-18(2)35-15-9-12-27-22(31)19-10-13-30(14-11-19)25-29-21(17-37-25)23(32)28-20(24(33)34-6)16-36-38(7,8)26(3,4)5/h17-20H,9-16H2,1-8H3,(H,27,31)(H,28,32)/t20-/m0/s1. The van der Waals surface area contributed by atoms with Crippen molar-refractivity contribution >= 4 is 42.6 Å². The van der Waals surface area contributed by atoms with Gasteiger partial charge in [-0.05, 0) is 51.2 Å². The van der Waals surface area contributed by atoms with Crippen LogP contribution in [0.2, 0.25) is 18.1 Å². The number of rotatable bonds is 13. The molecule has 1 aliphatic heterocycles. The first-order chi connectivity index (χ1) is 17.7. The van der Waals surface area contributed by atoms with Gasteiger partial charge in [0.05, 0.1) is 19.8 Å². The lowest BCUT2D eigenvalue weighted by atomic mass is 9.96. The summed E-state index contributed by atoms with van der Waals surface area (Å²) in [6.45, 7) is 17.2. The number of ether oxygens (including phenoxy) is 2. The Bertz CT molecular complexity index is 925. The molecule has 2 rings (SSSR count). The molecule has 0 unspecified atom stereocenters. The molecule has 2 amide bonds. The summed E-state index contributed by atoms with van der Waals surface area (Å²) in [7, 11) is -0.827. The van der Waals surface area contributed by atoms with Crippen LogP contribution in [0.5, 0.6) is 0 Å². The Hall–Kier alpha value is -2.02. The third kappa shape index (κ3) is 9.62. The van der Waals surface area contributed by atoms with Gasteiger partial charge in [-0.2, -0.15) is 0 Å². The molecule has 1 saturated heterocycles. The van der Waals surface area contributed by atoms with Crippen LogP contribution in [0.15, 0.2) is 5.38 Å². The first-order valence-electron chi connectivity index (χ1n) is 13.4. The van der Waals surface area contributed by atoms with E-state index in [0.29, 0.717) is 26.2 Å². The number of hydrogen-bond donors (Lipinski definition) is 2. The second-order valence-corrected chi connectivity index (χ2v) is 17.1. The minimum absolute atomic E-state index is 0.0262. The van der Waals surface area contributed by atoms with Crippen molar-refractivity contribution < 1.29 is 28.3 Å². The summed E-state index contributed by atoms with van der Waals surface area (Å²) < 4.78 is 16.5. The van der Waals surface area contributed by atoms with Gasteiger partial charge in [0.25, 0.3) is 5.91 Å². The third-order valence-electron chi connectivity index (χ3n) is 7.14. The van der Waals surface area contributed by atoms with Crippen LogP contribution in [-0.4, -0.2) is 83.2 Å². The fraction of sp³-hybridized carbons (Fsp3) is 0.769. The van der Waals surface area contributed by atoms with Crippen molar-refractivity contribution in [1.29, 1.82) is 0 Å². The first-order valence-corrected chi connectivity index (χ1v) is 17.2. The molecule has 1 fully saturated rings. The van der Waals surface area contributed by atoms with Gasteiger partial charge in [0.2, 0.25) is 5.91 Å². The lowest BCUT2D eigenvalue weighted by Crippen LogP contribution is -2.49. The molecule has 2 heterocycles. The van der Waals surface area contributed by atoms with Gasteiger partial charge in [0, 0.05) is 37.5 Å². The van der Waals surface area contributed by atoms with Gasteiger partial charge in [-0.25, -0.2) is 9.78 Å². The van der Waals surface area contributed by atoms with Gasteiger partial charge in [0.15, 0.2) is 13.4 Å². The molecule has 1 atom stereocenters. The normalized spacial score (nSPS) is 15.9. The van der Waals surface area contributed by atoms with Gasteiger partial charge in [0.1, 0.15) is 11.7 Å². The van der Waals surface area contributed by atoms with Crippen molar-refractivity contribution in [3.05, 3.63) is 11.1 Å². The average Bonchev–Trinajstić information content (AvgIpc) is 3.35. The molecule has 1 aliphatic rings. The SMILES string of the molecule is COC(=O)[C@H](CO[Si](C)(C)C(C)(C)C)NC(=O)c1csc(N2CCC(C(=O)NCCCOC(C)C)CC2)n1. The van der Waals surface area contributed by atoms with Crippen LogP contribution in [0.1, 0.15) is 64.4 Å². The van der Waals surface area contributed by atoms with E-state index in [0.717, 1.165) is 24.4 Å². The third-order valence-corrected chi connectivity index (χ3v) is 12.5. The van der Waals surface area contributed by atoms with E-state index < -0.39 is 26.2 Å². The number of anilines is 1. The quantitative estimate of drug-likeness (QED) is 0.210. The number of nitrogens with zero attached hydrogens (tertiary/aromatic N) is 2. The summed E-state index contributed by atoms with van der Waals surface area (Å²) in [5.74, 6) is -0.943. The minimum Gasteiger partial charge on any atom is -0.467 e. The molecule has 0 radical (unpaired) electrons. The largest absolute Gasteiger partial charge is 0.467 e. The maximum Gasteiger partial charge on any atom is 0.330 e. The van der Waals surface area contributed by atoms with E-state index in [9.17, 15) is 14.4 Å². The van der Waals surface area contributed by atoms with Crippen LogP contribution >= 0.6 is 11.3 Å². The number of carbonyl (C=O) groups is 3. The predicted octanol–water partition coefficient (Wildman–Crippen LogP) is 3.58. The fourth-order valence-corrected chi connectivity index (χ4v) is 5.52. The molecule has 1 aromatic heterocycles. The summed E-state index contributed by atoms with van der Waals surface area (Å²) in [6, 6.07) is -0.919. The highest BCUT2D eigenvalue weighted by atomic mass is 32.1. The van der Waals surface area contributed by atoms with E-state index >= 15 is 0 Å². The summed E-state index contributed by atoms with van der Waals surface area (Å²) in [5, 5.41) is 8.12. The molecular formula is C26H46N4O6SSi. The van der Waals surface area contributed by atoms with Crippen molar-refractivity contribution in [1.82, 2.24) is 15.6 Å². The summed E-state index contributed by atoms with van der Waals surface area (Å²) in [4.78, 5) is 44.4. The number of piperidine rings is 1. The average molecular weight is 571 g/mol. The van der Waals surface area contributed by atoms with Crippen LogP contribution in [0, 0.1) is 5.92 Å². The molecule has 0 aliphatic carbocycles. The zero-order valence-electron chi connectivity index (χ0n) is 24.2. The Morgan fingerprint density at radius 2 is 1.87 bits per heavy atom. The second kappa shape index (κ2) is 14.4. The number of carbonyl (C=O) groups excluding carboxylic acids is 3. The Kier molecular flexibility index (Phi) is 12.2. The van der Waals surface area contributed by atoms with Gasteiger partial charge in [-0.3, -0.25) is 9.59 Å². The predicted molar refractivity (Wildman–Crippen MR) is 152 cm³/mol. The lowest BCUT2D eigenvalue weighted by molar-refractivity contribution is -0.143. The van der Waals surface area contributed by atoms with E-state index in [1.165, 1.54) is 18.4 Å². The number of methoxy groups -OCH3 is 1. The van der Waals surface area contributed by atoms with Gasteiger partial charge < -0.3 is 29.4 Å².